The van der Waals surface area contributed by atoms with Crippen molar-refractivity contribution in [3.05, 3.63) is 100 Å². The Hall–Kier alpha value is -5.02. The molecule has 0 fully saturated rings. The van der Waals surface area contributed by atoms with Crippen LogP contribution in [0.4, 0.5) is 0 Å². The van der Waals surface area contributed by atoms with Crippen LogP contribution in [0.1, 0.15) is 29.3 Å². The summed E-state index contributed by atoms with van der Waals surface area (Å²) in [4.78, 5) is 16.3. The van der Waals surface area contributed by atoms with Crippen molar-refractivity contribution in [1.29, 1.82) is 5.26 Å². The summed E-state index contributed by atoms with van der Waals surface area (Å²) >= 11 is 6.79. The summed E-state index contributed by atoms with van der Waals surface area (Å²) in [5, 5.41) is 30.7. The lowest BCUT2D eigenvalue weighted by atomic mass is 10.0. The lowest BCUT2D eigenvalue weighted by Crippen LogP contribution is -2.40. The number of nitrogens with zero attached hydrogens (tertiary/aromatic N) is 4. The van der Waals surface area contributed by atoms with Crippen molar-refractivity contribution in [2.45, 2.75) is 32.7 Å². The number of benzene rings is 3. The molecular formula is C32H28ClN5O6. The second-order valence-corrected chi connectivity index (χ2v) is 9.94. The molecule has 0 radical (unpaired) electrons. The molecule has 0 bridgehead atoms. The maximum atomic E-state index is 12.3. The van der Waals surface area contributed by atoms with Crippen LogP contribution in [0, 0.1) is 11.3 Å². The van der Waals surface area contributed by atoms with E-state index in [0.717, 1.165) is 16.7 Å². The SMILES string of the molecule is CCOC(=O)C(CO)NCc1c(OCc2ccnc(C#N)c2)cc(OCc2cccc(-c3ccccc3)c2Cl)c2nonc12. The van der Waals surface area contributed by atoms with Gasteiger partial charge in [-0.2, -0.15) is 5.26 Å². The van der Waals surface area contributed by atoms with Crippen molar-refractivity contribution in [2.75, 3.05) is 13.2 Å². The molecule has 0 saturated heterocycles. The Morgan fingerprint density at radius 1 is 1.05 bits per heavy atom. The summed E-state index contributed by atoms with van der Waals surface area (Å²) in [6.45, 7) is 1.63. The normalized spacial score (nSPS) is 11.6. The van der Waals surface area contributed by atoms with E-state index in [2.05, 4.69) is 20.6 Å². The van der Waals surface area contributed by atoms with Crippen LogP contribution in [0.2, 0.25) is 5.02 Å². The second kappa shape index (κ2) is 14.4. The van der Waals surface area contributed by atoms with Crippen molar-refractivity contribution in [2.24, 2.45) is 0 Å². The number of hydrogen-bond donors (Lipinski definition) is 2. The Morgan fingerprint density at radius 2 is 1.84 bits per heavy atom. The molecule has 1 unspecified atom stereocenters. The minimum Gasteiger partial charge on any atom is -0.488 e. The molecule has 2 N–H and O–H groups in total. The van der Waals surface area contributed by atoms with Crippen LogP contribution in [0.5, 0.6) is 11.5 Å². The van der Waals surface area contributed by atoms with Gasteiger partial charge in [0.05, 0.1) is 18.2 Å². The van der Waals surface area contributed by atoms with Gasteiger partial charge in [-0.3, -0.25) is 10.1 Å². The maximum absolute atomic E-state index is 12.3. The van der Waals surface area contributed by atoms with Crippen LogP contribution >= 0.6 is 11.6 Å². The number of esters is 1. The number of carbonyl (C=O) groups excluding carboxylic acids is 1. The fourth-order valence-corrected chi connectivity index (χ4v) is 4.80. The number of aromatic nitrogens is 3. The van der Waals surface area contributed by atoms with Gasteiger partial charge in [-0.15, -0.1) is 0 Å². The van der Waals surface area contributed by atoms with Crippen molar-refractivity contribution < 1.29 is 28.7 Å². The first kappa shape index (κ1) is 30.4. The number of carbonyl (C=O) groups is 1. The highest BCUT2D eigenvalue weighted by Crippen LogP contribution is 2.36. The van der Waals surface area contributed by atoms with Crippen LogP contribution in [0.3, 0.4) is 0 Å². The first-order chi connectivity index (χ1) is 21.5. The van der Waals surface area contributed by atoms with Crippen LogP contribution in [0.25, 0.3) is 22.2 Å². The predicted molar refractivity (Wildman–Crippen MR) is 161 cm³/mol. The first-order valence-electron chi connectivity index (χ1n) is 13.7. The number of hydrogen-bond acceptors (Lipinski definition) is 11. The second-order valence-electron chi connectivity index (χ2n) is 9.56. The lowest BCUT2D eigenvalue weighted by molar-refractivity contribution is -0.146. The zero-order valence-electron chi connectivity index (χ0n) is 23.7. The van der Waals surface area contributed by atoms with E-state index in [-0.39, 0.29) is 32.1 Å². The topological polar surface area (TPSA) is 153 Å². The molecule has 0 spiro atoms. The van der Waals surface area contributed by atoms with Gasteiger partial charge in [-0.1, -0.05) is 60.1 Å². The van der Waals surface area contributed by atoms with E-state index in [1.165, 1.54) is 6.20 Å². The standard InChI is InChI=1S/C32H28ClN5O6/c1-2-41-32(40)26(17-39)36-16-25-27(42-18-20-11-12-35-23(13-20)15-34)14-28(31-30(25)37-44-38-31)43-19-22-9-6-10-24(29(22)33)21-7-4-3-5-8-21/h3-14,26,36,39H,2,16-19H2,1H3. The van der Waals surface area contributed by atoms with Gasteiger partial charge >= 0.3 is 5.97 Å². The molecule has 2 heterocycles. The van der Waals surface area contributed by atoms with E-state index in [4.69, 9.17) is 30.4 Å². The highest BCUT2D eigenvalue weighted by atomic mass is 35.5. The summed E-state index contributed by atoms with van der Waals surface area (Å²) in [5.41, 5.74) is 4.75. The Labute approximate surface area is 257 Å². The van der Waals surface area contributed by atoms with Crippen LogP contribution < -0.4 is 14.8 Å². The Morgan fingerprint density at radius 3 is 2.61 bits per heavy atom. The molecule has 3 aromatic carbocycles. The minimum absolute atomic E-state index is 0.0507. The van der Waals surface area contributed by atoms with Gasteiger partial charge in [0, 0.05) is 35.5 Å². The van der Waals surface area contributed by atoms with Crippen LogP contribution in [-0.4, -0.2) is 45.6 Å². The third-order valence-electron chi connectivity index (χ3n) is 6.73. The zero-order valence-corrected chi connectivity index (χ0v) is 24.5. The van der Waals surface area contributed by atoms with Crippen molar-refractivity contribution in [3.8, 4) is 28.7 Å². The van der Waals surface area contributed by atoms with E-state index in [9.17, 15) is 15.2 Å². The summed E-state index contributed by atoms with van der Waals surface area (Å²) in [6.07, 6.45) is 1.53. The van der Waals surface area contributed by atoms with Crippen LogP contribution in [0.15, 0.2) is 77.6 Å². The van der Waals surface area contributed by atoms with E-state index in [1.54, 1.807) is 25.1 Å². The Bertz CT molecular complexity index is 1790. The number of aliphatic hydroxyl groups is 1. The minimum atomic E-state index is -0.981. The van der Waals surface area contributed by atoms with Crippen molar-refractivity contribution >= 4 is 28.6 Å². The molecule has 1 atom stereocenters. The number of nitriles is 1. The number of pyridine rings is 1. The average Bonchev–Trinajstić information content (AvgIpc) is 3.55. The van der Waals surface area contributed by atoms with Gasteiger partial charge in [0.25, 0.3) is 0 Å². The van der Waals surface area contributed by atoms with Gasteiger partial charge in [-0.05, 0) is 40.5 Å². The van der Waals surface area contributed by atoms with Gasteiger partial charge in [0.1, 0.15) is 42.3 Å². The highest BCUT2D eigenvalue weighted by molar-refractivity contribution is 6.34. The number of rotatable bonds is 13. The monoisotopic (exact) mass is 613 g/mol. The fraction of sp³-hybridized carbons (Fsp3) is 0.219. The first-order valence-corrected chi connectivity index (χ1v) is 14.1. The largest absolute Gasteiger partial charge is 0.488 e. The van der Waals surface area contributed by atoms with Crippen molar-refractivity contribution in [1.82, 2.24) is 20.6 Å². The van der Waals surface area contributed by atoms with Crippen molar-refractivity contribution in [3.63, 3.8) is 0 Å². The molecule has 5 aromatic rings. The quantitative estimate of drug-likeness (QED) is 0.173. The summed E-state index contributed by atoms with van der Waals surface area (Å²) in [7, 11) is 0. The average molecular weight is 614 g/mol. The molecule has 2 aromatic heterocycles. The third kappa shape index (κ3) is 6.95. The third-order valence-corrected chi connectivity index (χ3v) is 7.17. The van der Waals surface area contributed by atoms with Gasteiger partial charge in [-0.25, -0.2) is 9.61 Å². The number of ether oxygens (including phenoxy) is 3. The molecule has 0 amide bonds. The van der Waals surface area contributed by atoms with E-state index >= 15 is 0 Å². The Balaban J connectivity index is 1.46. The van der Waals surface area contributed by atoms with Gasteiger partial charge in [0.15, 0.2) is 11.3 Å². The molecule has 5 rings (SSSR count). The van der Waals surface area contributed by atoms with Gasteiger partial charge in [0.2, 0.25) is 0 Å². The van der Waals surface area contributed by atoms with E-state index in [0.29, 0.717) is 38.7 Å². The number of nitrogens with one attached hydrogen (secondary N) is 1. The number of halogens is 1. The molecule has 0 saturated carbocycles. The smallest absolute Gasteiger partial charge is 0.325 e. The molecule has 11 nitrogen and oxygen atoms in total. The molecule has 0 aliphatic rings. The Kier molecular flexibility index (Phi) is 9.99. The lowest BCUT2D eigenvalue weighted by Gasteiger charge is -2.18. The molecule has 0 aliphatic carbocycles. The molecule has 44 heavy (non-hydrogen) atoms. The predicted octanol–water partition coefficient (Wildman–Crippen LogP) is 4.98. The van der Waals surface area contributed by atoms with Gasteiger partial charge < -0.3 is 19.3 Å². The van der Waals surface area contributed by atoms with E-state index < -0.39 is 18.6 Å². The van der Waals surface area contributed by atoms with E-state index in [1.807, 2.05) is 54.6 Å². The zero-order chi connectivity index (χ0) is 30.9. The maximum Gasteiger partial charge on any atom is 0.325 e. The molecule has 12 heteroatoms. The van der Waals surface area contributed by atoms with Crippen LogP contribution in [-0.2, 0) is 29.3 Å². The molecule has 0 aliphatic heterocycles. The number of fused-ring (bicyclic) bond motifs is 1. The molecular weight excluding hydrogens is 586 g/mol. The highest BCUT2D eigenvalue weighted by Gasteiger charge is 2.24. The molecule has 224 valence electrons. The summed E-state index contributed by atoms with van der Waals surface area (Å²) in [5.74, 6) is 0.0933. The number of aliphatic hydroxyl groups excluding tert-OH is 1. The summed E-state index contributed by atoms with van der Waals surface area (Å²) in [6, 6.07) is 21.6. The fourth-order valence-electron chi connectivity index (χ4n) is 4.51. The summed E-state index contributed by atoms with van der Waals surface area (Å²) < 4.78 is 22.6.